The van der Waals surface area contributed by atoms with Crippen molar-refractivity contribution in [3.63, 3.8) is 0 Å². The Bertz CT molecular complexity index is 579. The molecule has 0 fully saturated rings. The molecule has 1 N–H and O–H groups in total. The normalized spacial score (nSPS) is 10.9. The fourth-order valence-corrected chi connectivity index (χ4v) is 2.28. The smallest absolute Gasteiger partial charge is 0.744 e. The van der Waals surface area contributed by atoms with Crippen molar-refractivity contribution in [2.75, 3.05) is 0 Å². The van der Waals surface area contributed by atoms with Gasteiger partial charge in [0.05, 0.1) is 4.90 Å². The molecular formula is C11H10NNaO3S. The number of H-pyrrole nitrogens is 1. The van der Waals surface area contributed by atoms with Gasteiger partial charge in [-0.05, 0) is 23.8 Å². The van der Waals surface area contributed by atoms with Crippen LogP contribution in [0.4, 0.5) is 0 Å². The third kappa shape index (κ3) is 3.69. The molecule has 0 aliphatic heterocycles. The summed E-state index contributed by atoms with van der Waals surface area (Å²) in [4.78, 5) is 2.82. The van der Waals surface area contributed by atoms with Crippen molar-refractivity contribution in [3.8, 4) is 0 Å². The predicted octanol–water partition coefficient (Wildman–Crippen LogP) is -1.49. The van der Waals surface area contributed by atoms with Crippen LogP contribution >= 0.6 is 0 Å². The average Bonchev–Trinajstić information content (AvgIpc) is 2.70. The zero-order chi connectivity index (χ0) is 11.6. The first-order valence-electron chi connectivity index (χ1n) is 4.73. The first-order valence-corrected chi connectivity index (χ1v) is 6.14. The third-order valence-corrected chi connectivity index (χ3v) is 3.22. The largest absolute Gasteiger partial charge is 1.00 e. The number of benzene rings is 1. The van der Waals surface area contributed by atoms with Crippen LogP contribution in [0.3, 0.4) is 0 Å². The third-order valence-electron chi connectivity index (χ3n) is 2.29. The molecule has 0 bridgehead atoms. The first-order chi connectivity index (χ1) is 7.57. The minimum absolute atomic E-state index is 0. The Hall–Kier alpha value is -0.590. The maximum absolute atomic E-state index is 11.0. The Kier molecular flexibility index (Phi) is 4.97. The molecule has 84 valence electrons. The monoisotopic (exact) mass is 259 g/mol. The fraction of sp³-hybridized carbons (Fsp3) is 0.0909. The Morgan fingerprint density at radius 2 is 1.82 bits per heavy atom. The molecule has 1 aromatic carbocycles. The van der Waals surface area contributed by atoms with Crippen LogP contribution in [-0.4, -0.2) is 18.0 Å². The van der Waals surface area contributed by atoms with Gasteiger partial charge in [-0.25, -0.2) is 8.42 Å². The van der Waals surface area contributed by atoms with Crippen LogP contribution in [-0.2, 0) is 16.5 Å². The van der Waals surface area contributed by atoms with Crippen molar-refractivity contribution in [3.05, 3.63) is 53.9 Å². The van der Waals surface area contributed by atoms with Gasteiger partial charge in [-0.1, -0.05) is 18.2 Å². The van der Waals surface area contributed by atoms with Gasteiger partial charge in [0.25, 0.3) is 0 Å². The van der Waals surface area contributed by atoms with Gasteiger partial charge in [0.1, 0.15) is 10.1 Å². The molecule has 0 spiro atoms. The minimum atomic E-state index is -4.40. The molecule has 0 saturated carbocycles. The molecule has 0 aliphatic rings. The maximum atomic E-state index is 11.0. The predicted molar refractivity (Wildman–Crippen MR) is 58.0 cm³/mol. The van der Waals surface area contributed by atoms with Crippen molar-refractivity contribution in [2.45, 2.75) is 11.3 Å². The van der Waals surface area contributed by atoms with Crippen molar-refractivity contribution in [1.29, 1.82) is 0 Å². The van der Waals surface area contributed by atoms with E-state index in [1.54, 1.807) is 24.4 Å². The van der Waals surface area contributed by atoms with E-state index in [0.29, 0.717) is 12.0 Å². The van der Waals surface area contributed by atoms with Gasteiger partial charge < -0.3 is 9.54 Å². The Labute approximate surface area is 122 Å². The molecule has 0 unspecified atom stereocenters. The van der Waals surface area contributed by atoms with E-state index in [0.717, 1.165) is 5.69 Å². The molecule has 2 aromatic rings. The van der Waals surface area contributed by atoms with Gasteiger partial charge in [-0.2, -0.15) is 0 Å². The number of aromatic amines is 1. The summed E-state index contributed by atoms with van der Waals surface area (Å²) in [6.07, 6.45) is 2.16. The summed E-state index contributed by atoms with van der Waals surface area (Å²) >= 11 is 0. The van der Waals surface area contributed by atoms with Crippen LogP contribution in [0, 0.1) is 0 Å². The standard InChI is InChI=1S/C11H11NO3S.Na/c13-16(14,15)11-6-2-1-4-9(11)8-10-5-3-7-12-10;/h1-7,12H,8H2,(H,13,14,15);/q;+1/p-1. The quantitative estimate of drug-likeness (QED) is 0.539. The van der Waals surface area contributed by atoms with Gasteiger partial charge in [0.15, 0.2) is 0 Å². The molecule has 0 atom stereocenters. The fourth-order valence-electron chi connectivity index (χ4n) is 1.58. The summed E-state index contributed by atoms with van der Waals surface area (Å²) in [6.45, 7) is 0. The summed E-state index contributed by atoms with van der Waals surface area (Å²) in [5.41, 5.74) is 1.39. The molecule has 0 amide bonds. The second-order valence-corrected chi connectivity index (χ2v) is 4.78. The van der Waals surface area contributed by atoms with Gasteiger partial charge in [0, 0.05) is 18.3 Å². The molecule has 1 aromatic heterocycles. The molecule has 0 aliphatic carbocycles. The van der Waals surface area contributed by atoms with E-state index in [1.165, 1.54) is 6.07 Å². The van der Waals surface area contributed by atoms with Crippen molar-refractivity contribution in [2.24, 2.45) is 0 Å². The van der Waals surface area contributed by atoms with Gasteiger partial charge in [-0.3, -0.25) is 0 Å². The van der Waals surface area contributed by atoms with Gasteiger partial charge in [0.2, 0.25) is 0 Å². The zero-order valence-corrected chi connectivity index (χ0v) is 12.2. The van der Waals surface area contributed by atoms with Crippen molar-refractivity contribution >= 4 is 10.1 Å². The average molecular weight is 259 g/mol. The van der Waals surface area contributed by atoms with Crippen LogP contribution in [0.15, 0.2) is 47.5 Å². The van der Waals surface area contributed by atoms with E-state index < -0.39 is 10.1 Å². The van der Waals surface area contributed by atoms with Crippen molar-refractivity contribution < 1.29 is 42.5 Å². The molecule has 6 heteroatoms. The maximum Gasteiger partial charge on any atom is 1.00 e. The molecular weight excluding hydrogens is 249 g/mol. The number of hydrogen-bond donors (Lipinski definition) is 1. The molecule has 2 rings (SSSR count). The topological polar surface area (TPSA) is 73.0 Å². The summed E-state index contributed by atoms with van der Waals surface area (Å²) in [5, 5.41) is 0. The summed E-state index contributed by atoms with van der Waals surface area (Å²) in [5.74, 6) is 0. The first kappa shape index (κ1) is 14.5. The van der Waals surface area contributed by atoms with Crippen LogP contribution < -0.4 is 29.6 Å². The summed E-state index contributed by atoms with van der Waals surface area (Å²) in [6, 6.07) is 9.90. The molecule has 1 heterocycles. The molecule has 4 nitrogen and oxygen atoms in total. The Morgan fingerprint density at radius 1 is 1.12 bits per heavy atom. The van der Waals surface area contributed by atoms with Crippen LogP contribution in [0.5, 0.6) is 0 Å². The van der Waals surface area contributed by atoms with Gasteiger partial charge >= 0.3 is 29.6 Å². The minimum Gasteiger partial charge on any atom is -0.744 e. The summed E-state index contributed by atoms with van der Waals surface area (Å²) < 4.78 is 33.0. The van der Waals surface area contributed by atoms with E-state index in [1.807, 2.05) is 12.1 Å². The van der Waals surface area contributed by atoms with E-state index in [-0.39, 0.29) is 34.5 Å². The van der Waals surface area contributed by atoms with Crippen LogP contribution in [0.25, 0.3) is 0 Å². The summed E-state index contributed by atoms with van der Waals surface area (Å²) in [7, 11) is -4.40. The second-order valence-electron chi connectivity index (χ2n) is 3.43. The van der Waals surface area contributed by atoms with Crippen molar-refractivity contribution in [1.82, 2.24) is 4.98 Å². The van der Waals surface area contributed by atoms with Crippen LogP contribution in [0.1, 0.15) is 11.3 Å². The van der Waals surface area contributed by atoms with E-state index in [9.17, 15) is 13.0 Å². The van der Waals surface area contributed by atoms with E-state index in [2.05, 4.69) is 4.98 Å². The number of nitrogens with one attached hydrogen (secondary N) is 1. The SMILES string of the molecule is O=S(=O)([O-])c1ccccc1Cc1ccc[nH]1.[Na+]. The second kappa shape index (κ2) is 5.84. The Morgan fingerprint density at radius 3 is 2.41 bits per heavy atom. The molecule has 0 radical (unpaired) electrons. The Balaban J connectivity index is 0.00000144. The number of hydrogen-bond acceptors (Lipinski definition) is 3. The number of rotatable bonds is 3. The van der Waals surface area contributed by atoms with E-state index in [4.69, 9.17) is 0 Å². The molecule has 17 heavy (non-hydrogen) atoms. The number of aromatic nitrogens is 1. The zero-order valence-electron chi connectivity index (χ0n) is 9.38. The molecule has 0 saturated heterocycles. The van der Waals surface area contributed by atoms with E-state index >= 15 is 0 Å². The van der Waals surface area contributed by atoms with Gasteiger partial charge in [-0.15, -0.1) is 0 Å². The van der Waals surface area contributed by atoms with Crippen LogP contribution in [0.2, 0.25) is 0 Å².